The fourth-order valence-electron chi connectivity index (χ4n) is 9.26. The number of rotatable bonds is 6. The molecule has 5 nitrogen and oxygen atoms in total. The normalized spacial score (nSPS) is 32.7. The minimum absolute atomic E-state index is 0.00866. The molecule has 1 aliphatic heterocycles. The molecule has 4 aliphatic carbocycles. The molecule has 2 aromatic carbocycles. The van der Waals surface area contributed by atoms with Gasteiger partial charge in [-0.2, -0.15) is 0 Å². The Bertz CT molecular complexity index is 1430. The van der Waals surface area contributed by atoms with Crippen molar-refractivity contribution in [3.05, 3.63) is 65.4 Å². The molecule has 0 spiro atoms. The molecule has 3 aromatic rings. The summed E-state index contributed by atoms with van der Waals surface area (Å²) in [5.41, 5.74) is 12.8. The largest absolute Gasteiger partial charge is 0.380 e. The van der Waals surface area contributed by atoms with Crippen LogP contribution >= 0.6 is 0 Å². The highest BCUT2D eigenvalue weighted by Crippen LogP contribution is 2.57. The van der Waals surface area contributed by atoms with Crippen LogP contribution in [0.25, 0.3) is 10.9 Å². The number of fused-ring (bicyclic) bond motifs is 3. The summed E-state index contributed by atoms with van der Waals surface area (Å²) in [6.45, 7) is 2.20. The first-order valence-corrected chi connectivity index (χ1v) is 14.9. The van der Waals surface area contributed by atoms with Crippen molar-refractivity contribution in [2.75, 3.05) is 5.32 Å². The fraction of sp³-hybridized carbons (Fsp3) is 0.500. The van der Waals surface area contributed by atoms with Gasteiger partial charge in [0.1, 0.15) is 0 Å². The van der Waals surface area contributed by atoms with Crippen LogP contribution < -0.4 is 11.1 Å². The van der Waals surface area contributed by atoms with E-state index in [1.807, 2.05) is 4.90 Å². The van der Waals surface area contributed by atoms with Crippen LogP contribution in [0.5, 0.6) is 0 Å². The van der Waals surface area contributed by atoms with Gasteiger partial charge in [-0.25, -0.2) is 0 Å². The third-order valence-electron chi connectivity index (χ3n) is 10.2. The number of unbranched alkanes of at least 4 members (excludes halogenated alkanes) is 1. The number of aromatic amines is 1. The average Bonchev–Trinajstić information content (AvgIpc) is 3.28. The molecule has 4 atom stereocenters. The lowest BCUT2D eigenvalue weighted by Crippen LogP contribution is -2.65. The number of nitrogens with zero attached hydrogens (tertiary/aromatic N) is 1. The molecule has 4 fully saturated rings. The number of aromatic nitrogens is 1. The van der Waals surface area contributed by atoms with Crippen LogP contribution in [0, 0.1) is 24.2 Å². The van der Waals surface area contributed by atoms with Crippen molar-refractivity contribution in [2.24, 2.45) is 17.6 Å². The van der Waals surface area contributed by atoms with E-state index in [1.54, 1.807) is 0 Å². The Balaban J connectivity index is 1.25. The number of para-hydroxylation sites is 1. The first kappa shape index (κ1) is 24.8. The van der Waals surface area contributed by atoms with E-state index in [0.717, 1.165) is 66.4 Å². The number of carbonyl (C=O) groups is 1. The van der Waals surface area contributed by atoms with Crippen LogP contribution in [0.1, 0.15) is 87.6 Å². The molecule has 5 heteroatoms. The topological polar surface area (TPSA) is 74.2 Å². The smallest absolute Gasteiger partial charge is 0.299 e. The highest BCUT2D eigenvalue weighted by Gasteiger charge is 2.56. The molecular formula is C34H40N4O. The zero-order valence-corrected chi connectivity index (χ0v) is 23.0. The standard InChI is InChI=1S/C34H40N4O/c1-3-5-8-26-16-28-27-9-6-7-10-29(27)36-31(28)32(38(26)30(39)4-2)24-11-13-25(14-12-24)37-34-19-22-15-23(20-34)18-33(35,17-22)21-34/h2,6-7,9-14,22-23,26,32,36-37H,3,5,8,15-21,35H2,1H3/t22?,23?,26-,32-,33?,34?/m0/s1. The van der Waals surface area contributed by atoms with Gasteiger partial charge in [0.2, 0.25) is 0 Å². The number of anilines is 1. The summed E-state index contributed by atoms with van der Waals surface area (Å²) in [5.74, 6) is 3.74. The molecule has 39 heavy (non-hydrogen) atoms. The van der Waals surface area contributed by atoms with E-state index in [9.17, 15) is 4.79 Å². The first-order chi connectivity index (χ1) is 18.9. The Kier molecular flexibility index (Phi) is 5.83. The minimum atomic E-state index is -0.229. The molecule has 0 radical (unpaired) electrons. The summed E-state index contributed by atoms with van der Waals surface area (Å²) in [4.78, 5) is 19.0. The molecular weight excluding hydrogens is 480 g/mol. The van der Waals surface area contributed by atoms with Crippen molar-refractivity contribution in [1.29, 1.82) is 0 Å². The number of H-pyrrole nitrogens is 1. The van der Waals surface area contributed by atoms with Crippen LogP contribution in [0.4, 0.5) is 5.69 Å². The van der Waals surface area contributed by atoms with Gasteiger partial charge in [-0.05, 0) is 98.4 Å². The van der Waals surface area contributed by atoms with Crippen molar-refractivity contribution in [2.45, 2.75) is 94.3 Å². The summed E-state index contributed by atoms with van der Waals surface area (Å²) in [6, 6.07) is 17.1. The van der Waals surface area contributed by atoms with E-state index in [-0.39, 0.29) is 29.1 Å². The van der Waals surface area contributed by atoms with Crippen LogP contribution in [0.15, 0.2) is 48.5 Å². The van der Waals surface area contributed by atoms with Gasteiger partial charge in [0.05, 0.1) is 6.04 Å². The van der Waals surface area contributed by atoms with Crippen LogP contribution in [-0.4, -0.2) is 32.9 Å². The lowest BCUT2D eigenvalue weighted by atomic mass is 9.50. The number of hydrogen-bond acceptors (Lipinski definition) is 3. The number of amides is 1. The van der Waals surface area contributed by atoms with Gasteiger partial charge in [-0.3, -0.25) is 4.79 Å². The zero-order valence-electron chi connectivity index (χ0n) is 23.0. The van der Waals surface area contributed by atoms with Gasteiger partial charge in [-0.15, -0.1) is 6.42 Å². The maximum absolute atomic E-state index is 13.3. The second kappa shape index (κ2) is 9.17. The monoisotopic (exact) mass is 520 g/mol. The second-order valence-electron chi connectivity index (χ2n) is 13.2. The van der Waals surface area contributed by atoms with E-state index >= 15 is 0 Å². The number of benzene rings is 2. The van der Waals surface area contributed by atoms with Crippen LogP contribution in [0.2, 0.25) is 0 Å². The molecule has 0 saturated heterocycles. The number of hydrogen-bond donors (Lipinski definition) is 3. The molecule has 4 saturated carbocycles. The van der Waals surface area contributed by atoms with E-state index in [4.69, 9.17) is 12.2 Å². The van der Waals surface area contributed by atoms with Gasteiger partial charge < -0.3 is 20.9 Å². The van der Waals surface area contributed by atoms with E-state index in [0.29, 0.717) is 0 Å². The Labute approximate surface area is 231 Å². The maximum atomic E-state index is 13.3. The third-order valence-corrected chi connectivity index (χ3v) is 10.2. The summed E-state index contributed by atoms with van der Waals surface area (Å²) >= 11 is 0. The summed E-state index contributed by atoms with van der Waals surface area (Å²) in [6.07, 6.45) is 17.0. The van der Waals surface area contributed by atoms with Gasteiger partial charge in [-0.1, -0.05) is 50.1 Å². The molecule has 1 aromatic heterocycles. The molecule has 4 N–H and O–H groups in total. The van der Waals surface area contributed by atoms with Crippen molar-refractivity contribution < 1.29 is 4.79 Å². The number of terminal acetylenes is 1. The van der Waals surface area contributed by atoms with Crippen LogP contribution in [0.3, 0.4) is 0 Å². The average molecular weight is 521 g/mol. The fourth-order valence-corrected chi connectivity index (χ4v) is 9.26. The van der Waals surface area contributed by atoms with E-state index in [2.05, 4.69) is 71.7 Å². The molecule has 1 amide bonds. The highest BCUT2D eigenvalue weighted by molar-refractivity contribution is 5.95. The Morgan fingerprint density at radius 1 is 1.13 bits per heavy atom. The molecule has 2 heterocycles. The maximum Gasteiger partial charge on any atom is 0.299 e. The van der Waals surface area contributed by atoms with Crippen molar-refractivity contribution in [1.82, 2.24) is 9.88 Å². The highest BCUT2D eigenvalue weighted by atomic mass is 16.2. The van der Waals surface area contributed by atoms with Gasteiger partial charge in [0, 0.05) is 39.4 Å². The zero-order chi connectivity index (χ0) is 26.8. The van der Waals surface area contributed by atoms with E-state index < -0.39 is 0 Å². The summed E-state index contributed by atoms with van der Waals surface area (Å²) in [7, 11) is 0. The summed E-state index contributed by atoms with van der Waals surface area (Å²) < 4.78 is 0. The summed E-state index contributed by atoms with van der Waals surface area (Å²) in [5, 5.41) is 5.22. The number of nitrogens with one attached hydrogen (secondary N) is 2. The SMILES string of the molecule is C#CC(=O)N1[C@@H](CCCC)Cc2c([nH]c3ccccc23)[C@@H]1c1ccc(NC23CC4CC(CC(N)(C4)C2)C3)cc1. The molecule has 5 aliphatic rings. The number of carbonyl (C=O) groups excluding carboxylic acids is 1. The predicted molar refractivity (Wildman–Crippen MR) is 157 cm³/mol. The Morgan fingerprint density at radius 3 is 2.56 bits per heavy atom. The lowest BCUT2D eigenvalue weighted by molar-refractivity contribution is -0.130. The van der Waals surface area contributed by atoms with E-state index in [1.165, 1.54) is 43.1 Å². The molecule has 202 valence electrons. The van der Waals surface area contributed by atoms with Crippen LogP contribution in [-0.2, 0) is 11.2 Å². The Morgan fingerprint density at radius 2 is 1.87 bits per heavy atom. The first-order valence-electron chi connectivity index (χ1n) is 14.9. The van der Waals surface area contributed by atoms with Gasteiger partial charge in [0.15, 0.2) is 0 Å². The lowest BCUT2D eigenvalue weighted by Gasteiger charge is -2.61. The van der Waals surface area contributed by atoms with Crippen molar-refractivity contribution in [3.8, 4) is 12.3 Å². The van der Waals surface area contributed by atoms with Crippen molar-refractivity contribution in [3.63, 3.8) is 0 Å². The van der Waals surface area contributed by atoms with Gasteiger partial charge >= 0.3 is 0 Å². The predicted octanol–water partition coefficient (Wildman–Crippen LogP) is 6.30. The molecule has 8 rings (SSSR count). The van der Waals surface area contributed by atoms with Crippen molar-refractivity contribution >= 4 is 22.5 Å². The molecule has 2 unspecified atom stereocenters. The minimum Gasteiger partial charge on any atom is -0.380 e. The Hall–Kier alpha value is -3.23. The second-order valence-corrected chi connectivity index (χ2v) is 13.2. The third kappa shape index (κ3) is 4.16. The molecule has 4 bridgehead atoms. The van der Waals surface area contributed by atoms with Gasteiger partial charge in [0.25, 0.3) is 5.91 Å². The number of nitrogens with two attached hydrogens (primary N) is 1. The quantitative estimate of drug-likeness (QED) is 0.334.